The summed E-state index contributed by atoms with van der Waals surface area (Å²) in [5.41, 5.74) is 1.04. The van der Waals surface area contributed by atoms with Gasteiger partial charge in [0.05, 0.1) is 11.5 Å². The van der Waals surface area contributed by atoms with E-state index in [0.29, 0.717) is 22.6 Å². The Bertz CT molecular complexity index is 883. The van der Waals surface area contributed by atoms with Crippen LogP contribution in [0, 0.1) is 5.82 Å². The molecule has 0 bridgehead atoms. The largest absolute Gasteiger partial charge is 0.330 e. The number of hydrogen-bond acceptors (Lipinski definition) is 3. The van der Waals surface area contributed by atoms with Crippen molar-refractivity contribution in [1.29, 1.82) is 0 Å². The fraction of sp³-hybridized carbons (Fsp3) is 0.278. The summed E-state index contributed by atoms with van der Waals surface area (Å²) in [4.78, 5) is 14.5. The summed E-state index contributed by atoms with van der Waals surface area (Å²) in [6.45, 7) is 0.152. The van der Waals surface area contributed by atoms with Crippen LogP contribution < -0.4 is 0 Å². The highest BCUT2D eigenvalue weighted by Gasteiger charge is 2.35. The van der Waals surface area contributed by atoms with Crippen LogP contribution in [0.3, 0.4) is 0 Å². The van der Waals surface area contributed by atoms with Gasteiger partial charge in [-0.3, -0.25) is 4.79 Å². The molecule has 0 aliphatic carbocycles. The molecule has 2 aromatic rings. The Balaban J connectivity index is 1.91. The van der Waals surface area contributed by atoms with E-state index in [9.17, 15) is 17.6 Å². The molecule has 1 atom stereocenters. The predicted octanol–water partition coefficient (Wildman–Crippen LogP) is 3.31. The maximum Gasteiger partial charge on any atom is 0.254 e. The molecule has 1 aliphatic heterocycles. The molecule has 0 N–H and O–H groups in total. The molecule has 0 spiro atoms. The van der Waals surface area contributed by atoms with Crippen LogP contribution in [0.25, 0.3) is 0 Å². The second-order valence-electron chi connectivity index (χ2n) is 6.13. The van der Waals surface area contributed by atoms with Gasteiger partial charge in [-0.2, -0.15) is 0 Å². The molecule has 0 aromatic heterocycles. The summed E-state index contributed by atoms with van der Waals surface area (Å²) < 4.78 is 37.2. The molecule has 7 heteroatoms. The van der Waals surface area contributed by atoms with E-state index in [4.69, 9.17) is 11.6 Å². The zero-order chi connectivity index (χ0) is 18.0. The quantitative estimate of drug-likeness (QED) is 0.816. The molecule has 3 rings (SSSR count). The van der Waals surface area contributed by atoms with E-state index in [1.165, 1.54) is 17.0 Å². The highest BCUT2D eigenvalue weighted by atomic mass is 35.5. The van der Waals surface area contributed by atoms with Crippen LogP contribution in [0.15, 0.2) is 48.5 Å². The predicted molar refractivity (Wildman–Crippen MR) is 94.8 cm³/mol. The summed E-state index contributed by atoms with van der Waals surface area (Å²) >= 11 is 5.86. The Morgan fingerprint density at radius 2 is 1.92 bits per heavy atom. The number of sulfone groups is 1. The van der Waals surface area contributed by atoms with E-state index in [1.54, 1.807) is 36.4 Å². The molecular weight excluding hydrogens is 365 g/mol. The van der Waals surface area contributed by atoms with E-state index in [1.807, 2.05) is 0 Å². The molecule has 2 aromatic carbocycles. The Hall–Kier alpha value is -1.92. The molecule has 132 valence electrons. The van der Waals surface area contributed by atoms with Gasteiger partial charge in [0.2, 0.25) is 0 Å². The van der Waals surface area contributed by atoms with Gasteiger partial charge in [0, 0.05) is 23.2 Å². The average molecular weight is 382 g/mol. The SMILES string of the molecule is O=C(c1ccc(Cl)cc1)N(Cc1cccc(F)c1)C1CCS(=O)(=O)C1. The maximum atomic E-state index is 13.5. The third-order valence-corrected chi connectivity index (χ3v) is 6.25. The first kappa shape index (κ1) is 17.9. The van der Waals surface area contributed by atoms with Gasteiger partial charge < -0.3 is 4.90 Å². The molecule has 1 aliphatic rings. The van der Waals surface area contributed by atoms with Crippen molar-refractivity contribution in [3.63, 3.8) is 0 Å². The van der Waals surface area contributed by atoms with Crippen molar-refractivity contribution in [3.8, 4) is 0 Å². The van der Waals surface area contributed by atoms with Crippen LogP contribution in [-0.4, -0.2) is 36.8 Å². The fourth-order valence-corrected chi connectivity index (χ4v) is 4.83. The van der Waals surface area contributed by atoms with E-state index < -0.39 is 21.7 Å². The van der Waals surface area contributed by atoms with Gasteiger partial charge in [0.1, 0.15) is 5.82 Å². The van der Waals surface area contributed by atoms with Gasteiger partial charge in [0.15, 0.2) is 9.84 Å². The Morgan fingerprint density at radius 1 is 1.20 bits per heavy atom. The summed E-state index contributed by atoms with van der Waals surface area (Å²) in [5, 5.41) is 0.511. The number of rotatable bonds is 4. The monoisotopic (exact) mass is 381 g/mol. The number of nitrogens with zero attached hydrogens (tertiary/aromatic N) is 1. The topological polar surface area (TPSA) is 54.5 Å². The zero-order valence-corrected chi connectivity index (χ0v) is 14.9. The smallest absolute Gasteiger partial charge is 0.254 e. The van der Waals surface area contributed by atoms with Crippen LogP contribution in [0.5, 0.6) is 0 Å². The highest BCUT2D eigenvalue weighted by Crippen LogP contribution is 2.23. The van der Waals surface area contributed by atoms with Crippen molar-refractivity contribution >= 4 is 27.3 Å². The van der Waals surface area contributed by atoms with Crippen LogP contribution >= 0.6 is 11.6 Å². The lowest BCUT2D eigenvalue weighted by molar-refractivity contribution is 0.0680. The van der Waals surface area contributed by atoms with E-state index in [-0.39, 0.29) is 24.0 Å². The maximum absolute atomic E-state index is 13.5. The summed E-state index contributed by atoms with van der Waals surface area (Å²) in [6.07, 6.45) is 0.386. The molecule has 0 saturated carbocycles. The second-order valence-corrected chi connectivity index (χ2v) is 8.79. The van der Waals surface area contributed by atoms with Crippen LogP contribution in [0.4, 0.5) is 4.39 Å². The van der Waals surface area contributed by atoms with Crippen molar-refractivity contribution in [2.24, 2.45) is 0 Å². The van der Waals surface area contributed by atoms with Crippen molar-refractivity contribution in [3.05, 3.63) is 70.5 Å². The van der Waals surface area contributed by atoms with E-state index in [0.717, 1.165) is 0 Å². The number of carbonyl (C=O) groups is 1. The number of carbonyl (C=O) groups excluding carboxylic acids is 1. The first-order valence-electron chi connectivity index (χ1n) is 7.85. The molecule has 1 unspecified atom stereocenters. The van der Waals surface area contributed by atoms with E-state index in [2.05, 4.69) is 0 Å². The van der Waals surface area contributed by atoms with Crippen molar-refractivity contribution in [2.45, 2.75) is 19.0 Å². The molecule has 25 heavy (non-hydrogen) atoms. The zero-order valence-electron chi connectivity index (χ0n) is 13.4. The first-order chi connectivity index (χ1) is 11.8. The lowest BCUT2D eigenvalue weighted by atomic mass is 10.1. The molecule has 0 radical (unpaired) electrons. The Labute approximate surface area is 151 Å². The number of halogens is 2. The minimum absolute atomic E-state index is 0.0607. The van der Waals surface area contributed by atoms with Crippen LogP contribution in [-0.2, 0) is 16.4 Å². The number of hydrogen-bond donors (Lipinski definition) is 0. The molecule has 4 nitrogen and oxygen atoms in total. The van der Waals surface area contributed by atoms with Crippen molar-refractivity contribution < 1.29 is 17.6 Å². The summed E-state index contributed by atoms with van der Waals surface area (Å²) in [7, 11) is -3.15. The lowest BCUT2D eigenvalue weighted by Crippen LogP contribution is -2.40. The third kappa shape index (κ3) is 4.38. The normalized spacial score (nSPS) is 18.9. The highest BCUT2D eigenvalue weighted by molar-refractivity contribution is 7.91. The minimum atomic E-state index is -3.15. The second kappa shape index (κ2) is 7.14. The average Bonchev–Trinajstić information content (AvgIpc) is 2.92. The molecule has 1 amide bonds. The molecule has 1 fully saturated rings. The molecule has 1 heterocycles. The Morgan fingerprint density at radius 3 is 2.52 bits per heavy atom. The van der Waals surface area contributed by atoms with Crippen LogP contribution in [0.1, 0.15) is 22.3 Å². The Kier molecular flexibility index (Phi) is 5.11. The minimum Gasteiger partial charge on any atom is -0.330 e. The van der Waals surface area contributed by atoms with Gasteiger partial charge in [0.25, 0.3) is 5.91 Å². The van der Waals surface area contributed by atoms with Gasteiger partial charge in [-0.1, -0.05) is 23.7 Å². The van der Waals surface area contributed by atoms with Gasteiger partial charge in [-0.05, 0) is 48.4 Å². The lowest BCUT2D eigenvalue weighted by Gasteiger charge is -2.28. The third-order valence-electron chi connectivity index (χ3n) is 4.24. The summed E-state index contributed by atoms with van der Waals surface area (Å²) in [5.74, 6) is -0.689. The van der Waals surface area contributed by atoms with Crippen LogP contribution in [0.2, 0.25) is 5.02 Å². The van der Waals surface area contributed by atoms with Gasteiger partial charge >= 0.3 is 0 Å². The molecule has 1 saturated heterocycles. The number of amides is 1. The van der Waals surface area contributed by atoms with Gasteiger partial charge in [-0.15, -0.1) is 0 Å². The van der Waals surface area contributed by atoms with Crippen molar-refractivity contribution in [2.75, 3.05) is 11.5 Å². The number of benzene rings is 2. The fourth-order valence-electron chi connectivity index (χ4n) is 2.98. The van der Waals surface area contributed by atoms with Gasteiger partial charge in [-0.25, -0.2) is 12.8 Å². The van der Waals surface area contributed by atoms with Crippen molar-refractivity contribution in [1.82, 2.24) is 4.90 Å². The standard InChI is InChI=1S/C18H17ClFNO3S/c19-15-6-4-14(5-7-15)18(22)21(17-8-9-25(23,24)12-17)11-13-2-1-3-16(20)10-13/h1-7,10,17H,8-9,11-12H2. The molecular formula is C18H17ClFNO3S. The van der Waals surface area contributed by atoms with E-state index >= 15 is 0 Å². The summed E-state index contributed by atoms with van der Waals surface area (Å²) in [6, 6.07) is 12.0. The first-order valence-corrected chi connectivity index (χ1v) is 10.1.